The molecule has 0 bridgehead atoms. The first-order chi connectivity index (χ1) is 12.1. The lowest BCUT2D eigenvalue weighted by molar-refractivity contribution is -0.141. The maximum atomic E-state index is 12.3. The summed E-state index contributed by atoms with van der Waals surface area (Å²) >= 11 is 0. The Morgan fingerprint density at radius 3 is 2.52 bits per heavy atom. The third kappa shape index (κ3) is 3.97. The van der Waals surface area contributed by atoms with Gasteiger partial charge in [0.2, 0.25) is 0 Å². The second-order valence-electron chi connectivity index (χ2n) is 6.65. The number of methoxy groups -OCH3 is 1. The van der Waals surface area contributed by atoms with E-state index in [1.165, 1.54) is 0 Å². The minimum absolute atomic E-state index is 0.127. The van der Waals surface area contributed by atoms with Gasteiger partial charge < -0.3 is 25.0 Å². The number of amides is 2. The lowest BCUT2D eigenvalue weighted by Gasteiger charge is -2.35. The molecule has 2 heterocycles. The quantitative estimate of drug-likeness (QED) is 0.868. The maximum Gasteiger partial charge on any atom is 0.317 e. The fourth-order valence-electron chi connectivity index (χ4n) is 3.57. The van der Waals surface area contributed by atoms with Gasteiger partial charge >= 0.3 is 12.0 Å². The van der Waals surface area contributed by atoms with Crippen molar-refractivity contribution in [2.75, 3.05) is 38.2 Å². The van der Waals surface area contributed by atoms with Crippen molar-refractivity contribution in [3.63, 3.8) is 0 Å². The van der Waals surface area contributed by atoms with Gasteiger partial charge in [0.1, 0.15) is 5.75 Å². The summed E-state index contributed by atoms with van der Waals surface area (Å²) in [6.45, 7) is 2.52. The summed E-state index contributed by atoms with van der Waals surface area (Å²) in [6.07, 6.45) is 2.26. The van der Waals surface area contributed by atoms with Crippen LogP contribution < -0.4 is 15.0 Å². The first kappa shape index (κ1) is 17.4. The smallest absolute Gasteiger partial charge is 0.317 e. The average molecular weight is 347 g/mol. The van der Waals surface area contributed by atoms with Crippen LogP contribution in [0.4, 0.5) is 10.5 Å². The van der Waals surface area contributed by atoms with E-state index < -0.39 is 11.9 Å². The van der Waals surface area contributed by atoms with Crippen LogP contribution in [-0.4, -0.2) is 61.3 Å². The molecule has 1 aromatic rings. The number of anilines is 1. The fraction of sp³-hybridized carbons (Fsp3) is 0.556. The van der Waals surface area contributed by atoms with Crippen molar-refractivity contribution in [2.45, 2.75) is 25.3 Å². The van der Waals surface area contributed by atoms with E-state index in [1.807, 2.05) is 24.3 Å². The largest absolute Gasteiger partial charge is 0.495 e. The van der Waals surface area contributed by atoms with Crippen LogP contribution in [0.25, 0.3) is 0 Å². The molecule has 0 aliphatic carbocycles. The third-order valence-electron chi connectivity index (χ3n) is 5.07. The van der Waals surface area contributed by atoms with Gasteiger partial charge in [0.25, 0.3) is 0 Å². The number of hydrogen-bond acceptors (Lipinski definition) is 4. The number of piperidine rings is 1. The number of para-hydroxylation sites is 2. The van der Waals surface area contributed by atoms with Crippen LogP contribution in [0.2, 0.25) is 0 Å². The molecule has 2 amide bonds. The summed E-state index contributed by atoms with van der Waals surface area (Å²) in [7, 11) is 1.67. The zero-order valence-corrected chi connectivity index (χ0v) is 14.5. The van der Waals surface area contributed by atoms with Gasteiger partial charge in [0.05, 0.1) is 18.7 Å². The first-order valence-electron chi connectivity index (χ1n) is 8.74. The number of carbonyl (C=O) groups excluding carboxylic acids is 1. The van der Waals surface area contributed by atoms with E-state index >= 15 is 0 Å². The van der Waals surface area contributed by atoms with Gasteiger partial charge in [-0.05, 0) is 31.4 Å². The number of nitrogens with one attached hydrogen (secondary N) is 1. The first-order valence-corrected chi connectivity index (χ1v) is 8.74. The summed E-state index contributed by atoms with van der Waals surface area (Å²) in [4.78, 5) is 27.2. The highest BCUT2D eigenvalue weighted by molar-refractivity contribution is 5.77. The van der Waals surface area contributed by atoms with E-state index in [0.717, 1.165) is 37.4 Å². The normalized spacial score (nSPS) is 21.2. The van der Waals surface area contributed by atoms with Crippen molar-refractivity contribution in [1.82, 2.24) is 10.2 Å². The predicted octanol–water partition coefficient (Wildman–Crippen LogP) is 1.78. The van der Waals surface area contributed by atoms with Crippen LogP contribution in [-0.2, 0) is 4.79 Å². The van der Waals surface area contributed by atoms with Crippen LogP contribution in [0.5, 0.6) is 5.75 Å². The molecule has 2 fully saturated rings. The second kappa shape index (κ2) is 7.63. The number of aliphatic carboxylic acids is 1. The number of carbonyl (C=O) groups is 2. The van der Waals surface area contributed by atoms with Crippen molar-refractivity contribution in [2.24, 2.45) is 5.92 Å². The molecule has 2 N–H and O–H groups in total. The lowest BCUT2D eigenvalue weighted by atomic mass is 10.0. The number of hydrogen-bond donors (Lipinski definition) is 2. The van der Waals surface area contributed by atoms with Crippen LogP contribution in [0, 0.1) is 5.92 Å². The molecule has 2 aliphatic heterocycles. The van der Waals surface area contributed by atoms with E-state index in [9.17, 15) is 9.59 Å². The minimum Gasteiger partial charge on any atom is -0.495 e. The lowest BCUT2D eigenvalue weighted by Crippen LogP contribution is -2.49. The highest BCUT2D eigenvalue weighted by Crippen LogP contribution is 2.30. The van der Waals surface area contributed by atoms with Crippen molar-refractivity contribution in [3.05, 3.63) is 24.3 Å². The molecule has 136 valence electrons. The fourth-order valence-corrected chi connectivity index (χ4v) is 3.57. The Bertz CT molecular complexity index is 629. The molecule has 3 rings (SSSR count). The molecule has 1 aromatic carbocycles. The van der Waals surface area contributed by atoms with Crippen LogP contribution in [0.3, 0.4) is 0 Å². The van der Waals surface area contributed by atoms with Crippen molar-refractivity contribution in [1.29, 1.82) is 0 Å². The Morgan fingerprint density at radius 2 is 1.88 bits per heavy atom. The van der Waals surface area contributed by atoms with E-state index in [2.05, 4.69) is 10.2 Å². The van der Waals surface area contributed by atoms with Crippen molar-refractivity contribution in [3.8, 4) is 5.75 Å². The van der Waals surface area contributed by atoms with Gasteiger partial charge in [0.15, 0.2) is 0 Å². The highest BCUT2D eigenvalue weighted by Gasteiger charge is 2.32. The molecule has 25 heavy (non-hydrogen) atoms. The molecular weight excluding hydrogens is 322 g/mol. The molecule has 2 aliphatic rings. The molecule has 2 saturated heterocycles. The van der Waals surface area contributed by atoms with Gasteiger partial charge in [-0.3, -0.25) is 4.79 Å². The van der Waals surface area contributed by atoms with Crippen LogP contribution in [0.1, 0.15) is 19.3 Å². The number of carboxylic acids is 1. The molecule has 7 nitrogen and oxygen atoms in total. The molecule has 0 saturated carbocycles. The van der Waals surface area contributed by atoms with Gasteiger partial charge in [0, 0.05) is 32.2 Å². The van der Waals surface area contributed by atoms with Crippen molar-refractivity contribution < 1.29 is 19.4 Å². The highest BCUT2D eigenvalue weighted by atomic mass is 16.5. The van der Waals surface area contributed by atoms with Crippen LogP contribution >= 0.6 is 0 Å². The molecule has 0 radical (unpaired) electrons. The Morgan fingerprint density at radius 1 is 1.16 bits per heavy atom. The third-order valence-corrected chi connectivity index (χ3v) is 5.07. The van der Waals surface area contributed by atoms with Gasteiger partial charge in [-0.25, -0.2) is 4.79 Å². The number of rotatable bonds is 4. The zero-order valence-electron chi connectivity index (χ0n) is 14.5. The Hall–Kier alpha value is -2.44. The summed E-state index contributed by atoms with van der Waals surface area (Å²) < 4.78 is 5.42. The van der Waals surface area contributed by atoms with E-state index in [0.29, 0.717) is 19.5 Å². The van der Waals surface area contributed by atoms with Gasteiger partial charge in [-0.1, -0.05) is 12.1 Å². The Balaban J connectivity index is 1.50. The Kier molecular flexibility index (Phi) is 5.31. The number of carboxylic acid groups (broad SMARTS) is 1. The summed E-state index contributed by atoms with van der Waals surface area (Å²) in [5.74, 6) is -0.389. The maximum absolute atomic E-state index is 12.3. The van der Waals surface area contributed by atoms with Gasteiger partial charge in [-0.2, -0.15) is 0 Å². The summed E-state index contributed by atoms with van der Waals surface area (Å²) in [5.41, 5.74) is 1.08. The molecule has 0 spiro atoms. The van der Waals surface area contributed by atoms with Crippen LogP contribution in [0.15, 0.2) is 24.3 Å². The zero-order chi connectivity index (χ0) is 17.8. The second-order valence-corrected chi connectivity index (χ2v) is 6.65. The van der Waals surface area contributed by atoms with E-state index in [4.69, 9.17) is 9.84 Å². The predicted molar refractivity (Wildman–Crippen MR) is 94.1 cm³/mol. The molecule has 0 aromatic heterocycles. The summed E-state index contributed by atoms with van der Waals surface area (Å²) in [6, 6.07) is 7.94. The number of likely N-dealkylation sites (tertiary alicyclic amines) is 1. The standard InChI is InChI=1S/C18H25N3O4/c1-25-16-5-3-2-4-15(16)20-10-7-14(8-11-20)19-18(24)21-9-6-13(12-21)17(22)23/h2-5,13-14H,6-12H2,1H3,(H,19,24)(H,22,23). The number of nitrogens with zero attached hydrogens (tertiary/aromatic N) is 2. The molecule has 1 unspecified atom stereocenters. The monoisotopic (exact) mass is 347 g/mol. The Labute approximate surface area is 147 Å². The minimum atomic E-state index is -0.819. The van der Waals surface area contributed by atoms with Crippen molar-refractivity contribution >= 4 is 17.7 Å². The average Bonchev–Trinajstić information content (AvgIpc) is 3.13. The molecule has 7 heteroatoms. The molecular formula is C18H25N3O4. The number of urea groups is 1. The van der Waals surface area contributed by atoms with E-state index in [1.54, 1.807) is 12.0 Å². The SMILES string of the molecule is COc1ccccc1N1CCC(NC(=O)N2CCC(C(=O)O)C2)CC1. The summed E-state index contributed by atoms with van der Waals surface area (Å²) in [5, 5.41) is 12.1. The number of benzene rings is 1. The topological polar surface area (TPSA) is 82.1 Å². The molecule has 1 atom stereocenters. The van der Waals surface area contributed by atoms with E-state index in [-0.39, 0.29) is 12.1 Å². The number of ether oxygens (including phenoxy) is 1. The van der Waals surface area contributed by atoms with Gasteiger partial charge in [-0.15, -0.1) is 0 Å².